The van der Waals surface area contributed by atoms with Gasteiger partial charge in [0.25, 0.3) is 5.91 Å². The molecule has 0 unspecified atom stereocenters. The van der Waals surface area contributed by atoms with E-state index < -0.39 is 0 Å². The lowest BCUT2D eigenvalue weighted by atomic mass is 10.0. The number of hydrogen-bond donors (Lipinski definition) is 1. The van der Waals surface area contributed by atoms with Crippen molar-refractivity contribution in [3.63, 3.8) is 0 Å². The zero-order valence-corrected chi connectivity index (χ0v) is 20.3. The van der Waals surface area contributed by atoms with Gasteiger partial charge in [0.05, 0.1) is 17.6 Å². The molecule has 0 aliphatic heterocycles. The van der Waals surface area contributed by atoms with Gasteiger partial charge in [0.2, 0.25) is 5.91 Å². The zero-order chi connectivity index (χ0) is 25.5. The first-order chi connectivity index (χ1) is 18.0. The predicted molar refractivity (Wildman–Crippen MR) is 141 cm³/mol. The molecule has 2 heterocycles. The van der Waals surface area contributed by atoms with Crippen molar-refractivity contribution in [2.24, 2.45) is 5.92 Å². The third-order valence-electron chi connectivity index (χ3n) is 6.83. The van der Waals surface area contributed by atoms with E-state index in [0.717, 1.165) is 52.0 Å². The Labute approximate surface area is 213 Å². The van der Waals surface area contributed by atoms with Gasteiger partial charge in [-0.15, -0.1) is 0 Å². The number of benzene rings is 3. The number of fused-ring (bicyclic) bond motifs is 1. The molecule has 7 heteroatoms. The maximum absolute atomic E-state index is 13.3. The van der Waals surface area contributed by atoms with Crippen LogP contribution in [0.2, 0.25) is 0 Å². The molecule has 1 aliphatic carbocycles. The molecule has 5 aromatic rings. The number of nitrogens with one attached hydrogen (secondary N) is 1. The molecule has 1 aliphatic rings. The topological polar surface area (TPSA) is 68.9 Å². The van der Waals surface area contributed by atoms with E-state index in [1.54, 1.807) is 29.8 Å². The van der Waals surface area contributed by atoms with Crippen LogP contribution in [0.4, 0.5) is 4.39 Å². The van der Waals surface area contributed by atoms with Gasteiger partial charge >= 0.3 is 0 Å². The molecule has 6 nitrogen and oxygen atoms in total. The molecular weight excluding hydrogens is 467 g/mol. The van der Waals surface area contributed by atoms with E-state index >= 15 is 0 Å². The smallest absolute Gasteiger partial charge is 0.251 e. The SMILES string of the molecule is CNC(=O)c1ccc2nc(-c3ccc(-c4ccc(F)cc4)cc3)n(Cc3ccn(C(=O)C4CC4)c3)c2c1. The number of rotatable bonds is 6. The maximum atomic E-state index is 13.3. The lowest BCUT2D eigenvalue weighted by Crippen LogP contribution is -2.17. The summed E-state index contributed by atoms with van der Waals surface area (Å²) in [7, 11) is 1.61. The van der Waals surface area contributed by atoms with Gasteiger partial charge < -0.3 is 9.88 Å². The van der Waals surface area contributed by atoms with Gasteiger partial charge in [0, 0.05) is 36.5 Å². The van der Waals surface area contributed by atoms with Crippen LogP contribution in [0.1, 0.15) is 33.6 Å². The summed E-state index contributed by atoms with van der Waals surface area (Å²) < 4.78 is 17.1. The van der Waals surface area contributed by atoms with Crippen LogP contribution in [0.5, 0.6) is 0 Å². The molecule has 0 bridgehead atoms. The van der Waals surface area contributed by atoms with Gasteiger partial charge in [-0.2, -0.15) is 0 Å². The Balaban J connectivity index is 1.41. The van der Waals surface area contributed by atoms with E-state index in [1.165, 1.54) is 12.1 Å². The summed E-state index contributed by atoms with van der Waals surface area (Å²) >= 11 is 0. The Morgan fingerprint density at radius 3 is 2.30 bits per heavy atom. The van der Waals surface area contributed by atoms with Crippen molar-refractivity contribution in [1.82, 2.24) is 19.4 Å². The molecule has 0 radical (unpaired) electrons. The summed E-state index contributed by atoms with van der Waals surface area (Å²) in [6, 6.07) is 21.8. The summed E-state index contributed by atoms with van der Waals surface area (Å²) in [5, 5.41) is 2.68. The molecule has 1 N–H and O–H groups in total. The zero-order valence-electron chi connectivity index (χ0n) is 20.3. The van der Waals surface area contributed by atoms with E-state index in [-0.39, 0.29) is 23.5 Å². The molecule has 3 aromatic carbocycles. The third kappa shape index (κ3) is 4.44. The number of carbonyl (C=O) groups excluding carboxylic acids is 2. The number of carbonyl (C=O) groups is 2. The first-order valence-corrected chi connectivity index (χ1v) is 12.3. The first-order valence-electron chi connectivity index (χ1n) is 12.3. The predicted octanol–water partition coefficient (Wildman–Crippen LogP) is 5.77. The minimum Gasteiger partial charge on any atom is -0.355 e. The number of aromatic nitrogens is 3. The molecule has 0 atom stereocenters. The quantitative estimate of drug-likeness (QED) is 0.327. The largest absolute Gasteiger partial charge is 0.355 e. The van der Waals surface area contributed by atoms with Crippen molar-refractivity contribution < 1.29 is 14.0 Å². The highest BCUT2D eigenvalue weighted by Crippen LogP contribution is 2.32. The Morgan fingerprint density at radius 1 is 0.946 bits per heavy atom. The van der Waals surface area contributed by atoms with Gasteiger partial charge in [0.1, 0.15) is 11.6 Å². The van der Waals surface area contributed by atoms with Crippen molar-refractivity contribution >= 4 is 22.8 Å². The minimum atomic E-state index is -0.266. The van der Waals surface area contributed by atoms with Gasteiger partial charge in [-0.1, -0.05) is 36.4 Å². The number of imidazole rings is 1. The highest BCUT2D eigenvalue weighted by molar-refractivity contribution is 5.97. The fourth-order valence-corrected chi connectivity index (χ4v) is 4.64. The summed E-state index contributed by atoms with van der Waals surface area (Å²) in [5.41, 5.74) is 5.96. The monoisotopic (exact) mass is 492 g/mol. The summed E-state index contributed by atoms with van der Waals surface area (Å²) in [5.74, 6) is 0.606. The van der Waals surface area contributed by atoms with E-state index in [9.17, 15) is 14.0 Å². The molecule has 6 rings (SSSR count). The van der Waals surface area contributed by atoms with Gasteiger partial charge in [-0.3, -0.25) is 14.2 Å². The normalized spacial score (nSPS) is 13.1. The van der Waals surface area contributed by atoms with Crippen molar-refractivity contribution in [3.8, 4) is 22.5 Å². The van der Waals surface area contributed by atoms with E-state index in [0.29, 0.717) is 12.1 Å². The minimum absolute atomic E-state index is 0.139. The van der Waals surface area contributed by atoms with Gasteiger partial charge in [-0.25, -0.2) is 9.37 Å². The van der Waals surface area contributed by atoms with Crippen molar-refractivity contribution in [3.05, 3.63) is 102 Å². The Bertz CT molecular complexity index is 1630. The number of halogens is 1. The molecule has 0 saturated heterocycles. The van der Waals surface area contributed by atoms with Crippen molar-refractivity contribution in [2.75, 3.05) is 7.05 Å². The molecule has 1 amide bonds. The van der Waals surface area contributed by atoms with E-state index in [1.807, 2.05) is 54.9 Å². The number of hydrogen-bond acceptors (Lipinski definition) is 3. The Kier molecular flexibility index (Phi) is 5.68. The summed E-state index contributed by atoms with van der Waals surface area (Å²) in [6.45, 7) is 0.494. The lowest BCUT2D eigenvalue weighted by Gasteiger charge is -2.10. The molecule has 2 aromatic heterocycles. The van der Waals surface area contributed by atoms with Crippen LogP contribution in [-0.2, 0) is 6.54 Å². The molecule has 184 valence electrons. The molecule has 1 saturated carbocycles. The Morgan fingerprint density at radius 2 is 1.62 bits per heavy atom. The fraction of sp³-hybridized carbons (Fsp3) is 0.167. The van der Waals surface area contributed by atoms with Crippen LogP contribution >= 0.6 is 0 Å². The second kappa shape index (κ2) is 9.17. The van der Waals surface area contributed by atoms with Crippen LogP contribution in [-0.4, -0.2) is 33.0 Å². The van der Waals surface area contributed by atoms with Crippen LogP contribution in [0, 0.1) is 11.7 Å². The number of nitrogens with zero attached hydrogens (tertiary/aromatic N) is 3. The van der Waals surface area contributed by atoms with Crippen molar-refractivity contribution in [2.45, 2.75) is 19.4 Å². The highest BCUT2D eigenvalue weighted by atomic mass is 19.1. The Hall–Kier alpha value is -4.52. The van der Waals surface area contributed by atoms with Crippen LogP contribution in [0.15, 0.2) is 85.2 Å². The highest BCUT2D eigenvalue weighted by Gasteiger charge is 2.30. The second-order valence-corrected chi connectivity index (χ2v) is 9.43. The average Bonchev–Trinajstić information content (AvgIpc) is 3.58. The molecule has 37 heavy (non-hydrogen) atoms. The molecule has 0 spiro atoms. The maximum Gasteiger partial charge on any atom is 0.251 e. The van der Waals surface area contributed by atoms with E-state index in [2.05, 4.69) is 9.88 Å². The fourth-order valence-electron chi connectivity index (χ4n) is 4.64. The first kappa shape index (κ1) is 22.9. The summed E-state index contributed by atoms with van der Waals surface area (Å²) in [4.78, 5) is 29.8. The third-order valence-corrected chi connectivity index (χ3v) is 6.83. The van der Waals surface area contributed by atoms with Crippen LogP contribution in [0.25, 0.3) is 33.5 Å². The lowest BCUT2D eigenvalue weighted by molar-refractivity contribution is 0.0885. The van der Waals surface area contributed by atoms with E-state index in [4.69, 9.17) is 4.98 Å². The average molecular weight is 493 g/mol. The summed E-state index contributed by atoms with van der Waals surface area (Å²) in [6.07, 6.45) is 5.62. The van der Waals surface area contributed by atoms with Crippen LogP contribution in [0.3, 0.4) is 0 Å². The van der Waals surface area contributed by atoms with Gasteiger partial charge in [0.15, 0.2) is 0 Å². The van der Waals surface area contributed by atoms with Crippen molar-refractivity contribution in [1.29, 1.82) is 0 Å². The molecule has 1 fully saturated rings. The van der Waals surface area contributed by atoms with Gasteiger partial charge in [-0.05, 0) is 65.9 Å². The molecular formula is C30H25FN4O2. The standard InChI is InChI=1S/C30H25FN4O2/c1-32-29(36)24-10-13-26-27(16-24)35(18-19-14-15-34(17-19)30(37)23-6-7-23)28(33-26)22-4-2-20(3-5-22)21-8-11-25(31)12-9-21/h2-5,8-17,23H,6-7,18H2,1H3,(H,32,36). The number of amides is 1. The second-order valence-electron chi connectivity index (χ2n) is 9.43. The van der Waals surface area contributed by atoms with Crippen LogP contribution < -0.4 is 5.32 Å².